The number of halogens is 2. The maximum Gasteiger partial charge on any atom is 0.251 e. The minimum absolute atomic E-state index is 0.0782. The van der Waals surface area contributed by atoms with Crippen LogP contribution in [0.5, 0.6) is 5.75 Å². The zero-order chi connectivity index (χ0) is 15.2. The highest BCUT2D eigenvalue weighted by molar-refractivity contribution is 9.11. The van der Waals surface area contributed by atoms with Crippen LogP contribution in [0.25, 0.3) is 0 Å². The van der Waals surface area contributed by atoms with Crippen LogP contribution in [0.3, 0.4) is 0 Å². The van der Waals surface area contributed by atoms with Gasteiger partial charge in [0.05, 0.1) is 7.11 Å². The van der Waals surface area contributed by atoms with Gasteiger partial charge in [0.1, 0.15) is 5.75 Å². The lowest BCUT2D eigenvalue weighted by atomic mass is 10.1. The van der Waals surface area contributed by atoms with Gasteiger partial charge in [-0.3, -0.25) is 4.79 Å². The standard InChI is InChI=1S/C16H15Br2NO2/c1-21-15-4-2-11(3-5-15)6-7-19-16(20)12-8-13(17)10-14(18)9-12/h2-5,8-10H,6-7H2,1H3,(H,19,20). The fourth-order valence-corrected chi connectivity index (χ4v) is 3.19. The summed E-state index contributed by atoms with van der Waals surface area (Å²) >= 11 is 6.76. The minimum Gasteiger partial charge on any atom is -0.497 e. The fraction of sp³-hybridized carbons (Fsp3) is 0.188. The highest BCUT2D eigenvalue weighted by Gasteiger charge is 2.07. The fourth-order valence-electron chi connectivity index (χ4n) is 1.90. The molecule has 5 heteroatoms. The van der Waals surface area contributed by atoms with Crippen molar-refractivity contribution in [2.45, 2.75) is 6.42 Å². The Labute approximate surface area is 141 Å². The summed E-state index contributed by atoms with van der Waals surface area (Å²) in [7, 11) is 1.64. The van der Waals surface area contributed by atoms with Crippen molar-refractivity contribution in [1.82, 2.24) is 5.32 Å². The number of methoxy groups -OCH3 is 1. The lowest BCUT2D eigenvalue weighted by Gasteiger charge is -2.07. The molecule has 0 spiro atoms. The molecule has 0 saturated carbocycles. The average molecular weight is 413 g/mol. The third kappa shape index (κ3) is 4.86. The van der Waals surface area contributed by atoms with Gasteiger partial charge in [0.25, 0.3) is 5.91 Å². The number of ether oxygens (including phenoxy) is 1. The molecule has 0 unspecified atom stereocenters. The Hall–Kier alpha value is -1.33. The monoisotopic (exact) mass is 411 g/mol. The number of carbonyl (C=O) groups is 1. The number of amides is 1. The van der Waals surface area contributed by atoms with E-state index < -0.39 is 0 Å². The Morgan fingerprint density at radius 3 is 2.29 bits per heavy atom. The first-order valence-corrected chi connectivity index (χ1v) is 8.04. The molecule has 0 aliphatic carbocycles. The van der Waals surface area contributed by atoms with E-state index in [1.165, 1.54) is 0 Å². The molecule has 0 fully saturated rings. The van der Waals surface area contributed by atoms with Gasteiger partial charge in [-0.15, -0.1) is 0 Å². The Balaban J connectivity index is 1.88. The number of hydrogen-bond acceptors (Lipinski definition) is 2. The summed E-state index contributed by atoms with van der Waals surface area (Å²) in [5.74, 6) is 0.757. The van der Waals surface area contributed by atoms with Gasteiger partial charge in [-0.05, 0) is 42.3 Å². The molecule has 1 N–H and O–H groups in total. The van der Waals surface area contributed by atoms with Gasteiger partial charge in [0.15, 0.2) is 0 Å². The molecule has 0 aromatic heterocycles. The van der Waals surface area contributed by atoms with E-state index in [1.54, 1.807) is 19.2 Å². The second-order valence-electron chi connectivity index (χ2n) is 4.51. The topological polar surface area (TPSA) is 38.3 Å². The van der Waals surface area contributed by atoms with Gasteiger partial charge in [0.2, 0.25) is 0 Å². The van der Waals surface area contributed by atoms with E-state index in [0.29, 0.717) is 12.1 Å². The molecule has 2 aromatic carbocycles. The van der Waals surface area contributed by atoms with Crippen LogP contribution in [0, 0.1) is 0 Å². The maximum atomic E-state index is 12.1. The van der Waals surface area contributed by atoms with Crippen LogP contribution < -0.4 is 10.1 Å². The Kier molecular flexibility index (Phi) is 5.82. The molecule has 0 radical (unpaired) electrons. The van der Waals surface area contributed by atoms with Crippen LogP contribution in [0.2, 0.25) is 0 Å². The SMILES string of the molecule is COc1ccc(CCNC(=O)c2cc(Br)cc(Br)c2)cc1. The Morgan fingerprint density at radius 1 is 1.10 bits per heavy atom. The largest absolute Gasteiger partial charge is 0.497 e. The van der Waals surface area contributed by atoms with E-state index in [-0.39, 0.29) is 5.91 Å². The number of hydrogen-bond donors (Lipinski definition) is 1. The van der Waals surface area contributed by atoms with Gasteiger partial charge < -0.3 is 10.1 Å². The summed E-state index contributed by atoms with van der Waals surface area (Å²) in [6.45, 7) is 0.593. The van der Waals surface area contributed by atoms with Gasteiger partial charge in [-0.2, -0.15) is 0 Å². The summed E-state index contributed by atoms with van der Waals surface area (Å²) in [6.07, 6.45) is 0.783. The molecule has 0 bridgehead atoms. The van der Waals surface area contributed by atoms with Gasteiger partial charge >= 0.3 is 0 Å². The third-order valence-electron chi connectivity index (χ3n) is 2.98. The van der Waals surface area contributed by atoms with Crippen LogP contribution in [-0.2, 0) is 6.42 Å². The molecule has 0 heterocycles. The first kappa shape index (κ1) is 16.0. The summed E-state index contributed by atoms with van der Waals surface area (Å²) < 4.78 is 6.86. The smallest absolute Gasteiger partial charge is 0.251 e. The second kappa shape index (κ2) is 7.61. The lowest BCUT2D eigenvalue weighted by molar-refractivity contribution is 0.0954. The zero-order valence-electron chi connectivity index (χ0n) is 11.5. The van der Waals surface area contributed by atoms with Crippen molar-refractivity contribution in [2.24, 2.45) is 0 Å². The predicted molar refractivity (Wildman–Crippen MR) is 90.9 cm³/mol. The second-order valence-corrected chi connectivity index (χ2v) is 6.34. The van der Waals surface area contributed by atoms with Gasteiger partial charge in [0, 0.05) is 21.1 Å². The first-order valence-electron chi connectivity index (χ1n) is 6.45. The Morgan fingerprint density at radius 2 is 1.71 bits per heavy atom. The lowest BCUT2D eigenvalue weighted by Crippen LogP contribution is -2.25. The van der Waals surface area contributed by atoms with E-state index in [4.69, 9.17) is 4.74 Å². The van der Waals surface area contributed by atoms with Crippen molar-refractivity contribution in [1.29, 1.82) is 0 Å². The van der Waals surface area contributed by atoms with Crippen molar-refractivity contribution in [3.8, 4) is 5.75 Å². The molecule has 2 rings (SSSR count). The average Bonchev–Trinajstić information content (AvgIpc) is 2.47. The molecular weight excluding hydrogens is 398 g/mol. The summed E-state index contributed by atoms with van der Waals surface area (Å²) in [6, 6.07) is 13.3. The molecule has 0 aliphatic heterocycles. The molecular formula is C16H15Br2NO2. The summed E-state index contributed by atoms with van der Waals surface area (Å²) in [5, 5.41) is 2.92. The van der Waals surface area contributed by atoms with E-state index in [2.05, 4.69) is 37.2 Å². The van der Waals surface area contributed by atoms with Crippen LogP contribution >= 0.6 is 31.9 Å². The molecule has 21 heavy (non-hydrogen) atoms. The van der Waals surface area contributed by atoms with E-state index >= 15 is 0 Å². The number of rotatable bonds is 5. The summed E-state index contributed by atoms with van der Waals surface area (Å²) in [5.41, 5.74) is 1.79. The Bertz CT molecular complexity index is 606. The zero-order valence-corrected chi connectivity index (χ0v) is 14.7. The van der Waals surface area contributed by atoms with Crippen molar-refractivity contribution in [3.05, 3.63) is 62.5 Å². The summed E-state index contributed by atoms with van der Waals surface area (Å²) in [4.78, 5) is 12.1. The number of benzene rings is 2. The molecule has 110 valence electrons. The third-order valence-corrected chi connectivity index (χ3v) is 3.90. The predicted octanol–water partition coefficient (Wildman–Crippen LogP) is 4.19. The van der Waals surface area contributed by atoms with Crippen molar-refractivity contribution >= 4 is 37.8 Å². The van der Waals surface area contributed by atoms with E-state index in [1.807, 2.05) is 30.3 Å². The highest BCUT2D eigenvalue weighted by atomic mass is 79.9. The number of carbonyl (C=O) groups excluding carboxylic acids is 1. The van der Waals surface area contributed by atoms with Crippen LogP contribution in [0.15, 0.2) is 51.4 Å². The molecule has 1 amide bonds. The van der Waals surface area contributed by atoms with Gasteiger partial charge in [-0.25, -0.2) is 0 Å². The van der Waals surface area contributed by atoms with Crippen molar-refractivity contribution in [3.63, 3.8) is 0 Å². The van der Waals surface area contributed by atoms with Crippen molar-refractivity contribution < 1.29 is 9.53 Å². The van der Waals surface area contributed by atoms with E-state index in [9.17, 15) is 4.79 Å². The molecule has 0 aliphatic rings. The molecule has 0 saturated heterocycles. The minimum atomic E-state index is -0.0782. The molecule has 0 atom stereocenters. The quantitative estimate of drug-likeness (QED) is 0.799. The molecule has 2 aromatic rings. The first-order chi connectivity index (χ1) is 10.1. The molecule has 3 nitrogen and oxygen atoms in total. The maximum absolute atomic E-state index is 12.1. The highest BCUT2D eigenvalue weighted by Crippen LogP contribution is 2.20. The van der Waals surface area contributed by atoms with E-state index in [0.717, 1.165) is 26.7 Å². The van der Waals surface area contributed by atoms with Crippen molar-refractivity contribution in [2.75, 3.05) is 13.7 Å². The van der Waals surface area contributed by atoms with Crippen LogP contribution in [0.1, 0.15) is 15.9 Å². The van der Waals surface area contributed by atoms with Crippen LogP contribution in [0.4, 0.5) is 0 Å². The van der Waals surface area contributed by atoms with Crippen LogP contribution in [-0.4, -0.2) is 19.6 Å². The normalized spacial score (nSPS) is 10.2. The van der Waals surface area contributed by atoms with Gasteiger partial charge in [-0.1, -0.05) is 44.0 Å². The number of nitrogens with one attached hydrogen (secondary N) is 1.